The Hall–Kier alpha value is -1.17. The predicted octanol–water partition coefficient (Wildman–Crippen LogP) is 6.46. The van der Waals surface area contributed by atoms with E-state index in [2.05, 4.69) is 65.9 Å². The van der Waals surface area contributed by atoms with E-state index in [1.165, 1.54) is 5.56 Å². The van der Waals surface area contributed by atoms with Crippen LogP contribution in [0.2, 0.25) is 16.6 Å². The molecule has 1 rings (SSSR count). The fraction of sp³-hybridized carbons (Fsp3) is 0.720. The van der Waals surface area contributed by atoms with E-state index in [0.717, 1.165) is 0 Å². The molecule has 0 aromatic heterocycles. The van der Waals surface area contributed by atoms with Gasteiger partial charge >= 0.3 is 5.97 Å². The molecule has 172 valence electrons. The Morgan fingerprint density at radius 3 is 1.87 bits per heavy atom. The summed E-state index contributed by atoms with van der Waals surface area (Å²) in [6.45, 7) is 22.3. The van der Waals surface area contributed by atoms with E-state index in [1.54, 1.807) is 0 Å². The normalized spacial score (nSPS) is 15.0. The van der Waals surface area contributed by atoms with Gasteiger partial charge in [0.15, 0.2) is 0 Å². The maximum absolute atomic E-state index is 12.6. The Morgan fingerprint density at radius 1 is 0.933 bits per heavy atom. The van der Waals surface area contributed by atoms with Crippen molar-refractivity contribution in [1.82, 2.24) is 5.32 Å². The third-order valence-corrected chi connectivity index (χ3v) is 12.1. The third kappa shape index (κ3) is 7.82. The van der Waals surface area contributed by atoms with Gasteiger partial charge in [0.25, 0.3) is 0 Å². The number of ether oxygens (including phenoxy) is 1. The second-order valence-corrected chi connectivity index (χ2v) is 15.8. The van der Waals surface area contributed by atoms with E-state index in [4.69, 9.17) is 9.16 Å². The molecule has 0 heterocycles. The minimum absolute atomic E-state index is 0.0832. The molecule has 0 aliphatic carbocycles. The van der Waals surface area contributed by atoms with Gasteiger partial charge in [0, 0.05) is 12.6 Å². The van der Waals surface area contributed by atoms with E-state index in [0.29, 0.717) is 29.6 Å². The number of carbonyl (C=O) groups is 1. The van der Waals surface area contributed by atoms with Gasteiger partial charge < -0.3 is 14.5 Å². The summed E-state index contributed by atoms with van der Waals surface area (Å²) < 4.78 is 12.6. The van der Waals surface area contributed by atoms with Crippen LogP contribution in [-0.2, 0) is 20.5 Å². The lowest BCUT2D eigenvalue weighted by Gasteiger charge is -2.45. The molecule has 1 aromatic rings. The minimum atomic E-state index is -2.05. The monoisotopic (exact) mass is 435 g/mol. The largest absolute Gasteiger partial charge is 0.460 e. The maximum Gasteiger partial charge on any atom is 0.307 e. The van der Waals surface area contributed by atoms with Gasteiger partial charge in [-0.2, -0.15) is 0 Å². The fourth-order valence-corrected chi connectivity index (χ4v) is 10.2. The molecule has 0 aliphatic heterocycles. The lowest BCUT2D eigenvalue weighted by atomic mass is 10.1. The first kappa shape index (κ1) is 26.9. The molecule has 2 atom stereocenters. The molecule has 5 heteroatoms. The second-order valence-electron chi connectivity index (χ2n) is 10.4. The summed E-state index contributed by atoms with van der Waals surface area (Å²) in [5, 5.41) is 3.59. The molecule has 0 amide bonds. The third-order valence-electron chi connectivity index (χ3n) is 5.88. The Labute approximate surface area is 186 Å². The van der Waals surface area contributed by atoms with Gasteiger partial charge in [0.2, 0.25) is 8.32 Å². The van der Waals surface area contributed by atoms with Crippen molar-refractivity contribution in [1.29, 1.82) is 0 Å². The number of nitrogens with one attached hydrogen (secondary N) is 1. The van der Waals surface area contributed by atoms with Crippen molar-refractivity contribution < 1.29 is 14.0 Å². The van der Waals surface area contributed by atoms with Crippen LogP contribution in [0.3, 0.4) is 0 Å². The average molecular weight is 436 g/mol. The summed E-state index contributed by atoms with van der Waals surface area (Å²) in [4.78, 5) is 12.6. The molecule has 4 nitrogen and oxygen atoms in total. The van der Waals surface area contributed by atoms with E-state index >= 15 is 0 Å². The molecule has 1 aromatic carbocycles. The minimum Gasteiger partial charge on any atom is -0.460 e. The number of benzene rings is 1. The highest BCUT2D eigenvalue weighted by Crippen LogP contribution is 2.43. The molecule has 0 spiro atoms. The predicted molar refractivity (Wildman–Crippen MR) is 129 cm³/mol. The standard InChI is InChI=1S/C25H45NO3Si/c1-18(2)30(19(3)4,20(5)6)29-21(7)23(16-24(27)28-25(8,9)10)26-17-22-14-12-11-13-15-22/h11-15,18-21,23,26H,16-17H2,1-10H3/t21-,23-/m0/s1. The van der Waals surface area contributed by atoms with Crippen molar-refractivity contribution in [2.24, 2.45) is 0 Å². The Morgan fingerprint density at radius 2 is 1.43 bits per heavy atom. The van der Waals surface area contributed by atoms with Crippen LogP contribution < -0.4 is 5.32 Å². The van der Waals surface area contributed by atoms with Gasteiger partial charge in [0.05, 0.1) is 12.5 Å². The smallest absolute Gasteiger partial charge is 0.307 e. The average Bonchev–Trinajstić information content (AvgIpc) is 2.61. The zero-order valence-corrected chi connectivity index (χ0v) is 21.9. The van der Waals surface area contributed by atoms with E-state index in [-0.39, 0.29) is 18.1 Å². The van der Waals surface area contributed by atoms with Crippen molar-refractivity contribution in [2.75, 3.05) is 0 Å². The van der Waals surface area contributed by atoms with Crippen LogP contribution in [0, 0.1) is 0 Å². The van der Waals surface area contributed by atoms with Crippen molar-refractivity contribution in [3.05, 3.63) is 35.9 Å². The lowest BCUT2D eigenvalue weighted by Crippen LogP contribution is -2.54. The summed E-state index contributed by atoms with van der Waals surface area (Å²) >= 11 is 0. The molecule has 0 aliphatic rings. The van der Waals surface area contributed by atoms with Crippen molar-refractivity contribution >= 4 is 14.3 Å². The van der Waals surface area contributed by atoms with E-state index < -0.39 is 13.9 Å². The first-order chi connectivity index (χ1) is 13.8. The zero-order chi connectivity index (χ0) is 23.1. The molecular formula is C25H45NO3Si. The molecule has 0 unspecified atom stereocenters. The maximum atomic E-state index is 12.6. The Bertz CT molecular complexity index is 616. The molecule has 0 fully saturated rings. The van der Waals surface area contributed by atoms with Gasteiger partial charge in [-0.1, -0.05) is 71.9 Å². The summed E-state index contributed by atoms with van der Waals surface area (Å²) in [6, 6.07) is 10.2. The number of esters is 1. The topological polar surface area (TPSA) is 47.6 Å². The van der Waals surface area contributed by atoms with Gasteiger partial charge in [0.1, 0.15) is 5.60 Å². The van der Waals surface area contributed by atoms with Gasteiger partial charge in [-0.15, -0.1) is 0 Å². The Kier molecular flexibility index (Phi) is 10.2. The fourth-order valence-electron chi connectivity index (χ4n) is 4.62. The van der Waals surface area contributed by atoms with Crippen LogP contribution in [-0.4, -0.2) is 32.0 Å². The van der Waals surface area contributed by atoms with Crippen LogP contribution in [0.5, 0.6) is 0 Å². The van der Waals surface area contributed by atoms with Crippen molar-refractivity contribution in [3.63, 3.8) is 0 Å². The van der Waals surface area contributed by atoms with Crippen LogP contribution >= 0.6 is 0 Å². The highest BCUT2D eigenvalue weighted by atomic mass is 28.4. The summed E-state index contributed by atoms with van der Waals surface area (Å²) in [5.41, 5.74) is 2.19. The van der Waals surface area contributed by atoms with Crippen LogP contribution in [0.25, 0.3) is 0 Å². The first-order valence-corrected chi connectivity index (χ1v) is 13.6. The molecule has 0 radical (unpaired) electrons. The van der Waals surface area contributed by atoms with Crippen LogP contribution in [0.15, 0.2) is 30.3 Å². The molecule has 0 saturated heterocycles. The molecule has 1 N–H and O–H groups in total. The van der Waals surface area contributed by atoms with Gasteiger partial charge in [-0.3, -0.25) is 4.79 Å². The second kappa shape index (κ2) is 11.4. The van der Waals surface area contributed by atoms with E-state index in [1.807, 2.05) is 39.0 Å². The molecule has 0 bridgehead atoms. The summed E-state index contributed by atoms with van der Waals surface area (Å²) in [7, 11) is -2.05. The zero-order valence-electron chi connectivity index (χ0n) is 20.9. The number of hydrogen-bond donors (Lipinski definition) is 1. The lowest BCUT2D eigenvalue weighted by molar-refractivity contribution is -0.156. The van der Waals surface area contributed by atoms with Crippen LogP contribution in [0.4, 0.5) is 0 Å². The number of rotatable bonds is 11. The van der Waals surface area contributed by atoms with Gasteiger partial charge in [-0.05, 0) is 49.9 Å². The van der Waals surface area contributed by atoms with Crippen molar-refractivity contribution in [3.8, 4) is 0 Å². The van der Waals surface area contributed by atoms with Crippen molar-refractivity contribution in [2.45, 2.75) is 117 Å². The summed E-state index contributed by atoms with van der Waals surface area (Å²) in [5.74, 6) is -0.186. The highest BCUT2D eigenvalue weighted by molar-refractivity contribution is 6.77. The highest BCUT2D eigenvalue weighted by Gasteiger charge is 2.47. The molecular weight excluding hydrogens is 390 g/mol. The van der Waals surface area contributed by atoms with Crippen LogP contribution in [0.1, 0.15) is 81.2 Å². The SMILES string of the molecule is CC(C)[Si](O[C@@H](C)[C@H](CC(=O)OC(C)(C)C)NCc1ccccc1)(C(C)C)C(C)C. The van der Waals surface area contributed by atoms with Gasteiger partial charge in [-0.25, -0.2) is 0 Å². The molecule has 0 saturated carbocycles. The number of hydrogen-bond acceptors (Lipinski definition) is 4. The molecule has 30 heavy (non-hydrogen) atoms. The summed E-state index contributed by atoms with van der Waals surface area (Å²) in [6.07, 6.45) is 0.212. The Balaban J connectivity index is 3.06. The number of carbonyl (C=O) groups excluding carboxylic acids is 1. The first-order valence-electron chi connectivity index (χ1n) is 11.5. The quantitative estimate of drug-likeness (QED) is 0.320. The van der Waals surface area contributed by atoms with E-state index in [9.17, 15) is 4.79 Å².